The van der Waals surface area contributed by atoms with Gasteiger partial charge in [0.2, 0.25) is 0 Å². The normalized spacial score (nSPS) is 10.6. The second kappa shape index (κ2) is 8.22. The zero-order valence-corrected chi connectivity index (χ0v) is 16.4. The molecule has 0 amide bonds. The van der Waals surface area contributed by atoms with E-state index in [2.05, 4.69) is 10.3 Å². The Bertz CT molecular complexity index is 949. The van der Waals surface area contributed by atoms with Gasteiger partial charge in [-0.05, 0) is 56.7 Å². The zero-order chi connectivity index (χ0) is 19.4. The number of aryl methyl sites for hydroxylation is 2. The molecule has 1 heterocycles. The molecular weight excluding hydrogens is 360 g/mol. The number of anilines is 2. The molecular formula is C21H21N2O3S-. The number of hydrogen-bond acceptors (Lipinski definition) is 6. The number of benzene rings is 2. The highest BCUT2D eigenvalue weighted by Crippen LogP contribution is 2.35. The first kappa shape index (κ1) is 18.9. The van der Waals surface area contributed by atoms with Crippen LogP contribution in [0.2, 0.25) is 0 Å². The van der Waals surface area contributed by atoms with Gasteiger partial charge in [-0.15, -0.1) is 11.3 Å². The summed E-state index contributed by atoms with van der Waals surface area (Å²) < 4.78 is 5.45. The van der Waals surface area contributed by atoms with Gasteiger partial charge in [-0.3, -0.25) is 0 Å². The molecule has 6 heteroatoms. The van der Waals surface area contributed by atoms with E-state index in [1.54, 1.807) is 0 Å². The van der Waals surface area contributed by atoms with E-state index in [1.165, 1.54) is 11.3 Å². The van der Waals surface area contributed by atoms with Gasteiger partial charge in [0.25, 0.3) is 0 Å². The van der Waals surface area contributed by atoms with E-state index in [1.807, 2.05) is 63.2 Å². The molecule has 3 rings (SSSR count). The van der Waals surface area contributed by atoms with Crippen molar-refractivity contribution in [1.82, 2.24) is 4.98 Å². The van der Waals surface area contributed by atoms with E-state index >= 15 is 0 Å². The summed E-state index contributed by atoms with van der Waals surface area (Å²) in [5, 5.41) is 15.1. The van der Waals surface area contributed by atoms with Crippen molar-refractivity contribution in [3.05, 3.63) is 58.5 Å². The van der Waals surface area contributed by atoms with Crippen molar-refractivity contribution in [1.29, 1.82) is 0 Å². The van der Waals surface area contributed by atoms with Crippen LogP contribution in [0.5, 0.6) is 5.75 Å². The Balaban J connectivity index is 1.94. The van der Waals surface area contributed by atoms with Crippen LogP contribution < -0.4 is 15.2 Å². The van der Waals surface area contributed by atoms with Gasteiger partial charge in [-0.1, -0.05) is 17.7 Å². The first-order valence-corrected chi connectivity index (χ1v) is 9.55. The fourth-order valence-corrected chi connectivity index (χ4v) is 3.76. The van der Waals surface area contributed by atoms with Crippen LogP contribution in [-0.4, -0.2) is 17.6 Å². The summed E-state index contributed by atoms with van der Waals surface area (Å²) in [6, 6.07) is 13.7. The van der Waals surface area contributed by atoms with Crippen molar-refractivity contribution in [2.45, 2.75) is 27.2 Å². The number of aromatic nitrogens is 1. The molecule has 0 saturated heterocycles. The van der Waals surface area contributed by atoms with Crippen LogP contribution in [0.25, 0.3) is 11.3 Å². The summed E-state index contributed by atoms with van der Waals surface area (Å²) in [7, 11) is 0. The lowest BCUT2D eigenvalue weighted by Gasteiger charge is -2.07. The standard InChI is InChI=1S/C21H22N2O3S/c1-4-26-16-9-7-15(8-10-16)22-21-23-20(18(27-21)12-19(24)25)17-11-13(2)5-6-14(17)3/h5-11H,4,12H2,1-3H3,(H,22,23)(H,24,25)/p-1. The number of carbonyl (C=O) groups is 1. The van der Waals surface area contributed by atoms with Gasteiger partial charge < -0.3 is 20.0 Å². The van der Waals surface area contributed by atoms with E-state index in [-0.39, 0.29) is 6.42 Å². The number of nitrogens with one attached hydrogen (secondary N) is 1. The van der Waals surface area contributed by atoms with Crippen molar-refractivity contribution in [2.24, 2.45) is 0 Å². The summed E-state index contributed by atoms with van der Waals surface area (Å²) in [5.74, 6) is -0.311. The fraction of sp³-hybridized carbons (Fsp3) is 0.238. The van der Waals surface area contributed by atoms with Crippen molar-refractivity contribution in [3.63, 3.8) is 0 Å². The van der Waals surface area contributed by atoms with E-state index in [0.717, 1.165) is 28.1 Å². The molecule has 1 aromatic heterocycles. The largest absolute Gasteiger partial charge is 0.550 e. The molecule has 0 bridgehead atoms. The molecule has 0 saturated carbocycles. The number of ether oxygens (including phenoxy) is 1. The lowest BCUT2D eigenvalue weighted by molar-refractivity contribution is -0.304. The molecule has 0 radical (unpaired) electrons. The first-order chi connectivity index (χ1) is 13.0. The quantitative estimate of drug-likeness (QED) is 0.673. The average molecular weight is 381 g/mol. The predicted molar refractivity (Wildman–Crippen MR) is 107 cm³/mol. The zero-order valence-electron chi connectivity index (χ0n) is 15.5. The molecule has 0 aliphatic rings. The Morgan fingerprint density at radius 2 is 1.93 bits per heavy atom. The van der Waals surface area contributed by atoms with Gasteiger partial charge in [0, 0.05) is 28.5 Å². The van der Waals surface area contributed by atoms with Gasteiger partial charge >= 0.3 is 0 Å². The first-order valence-electron chi connectivity index (χ1n) is 8.73. The van der Waals surface area contributed by atoms with E-state index in [4.69, 9.17) is 4.74 Å². The molecule has 0 aliphatic heterocycles. The Labute approximate surface area is 162 Å². The summed E-state index contributed by atoms with van der Waals surface area (Å²) in [6.45, 7) is 6.56. The summed E-state index contributed by atoms with van der Waals surface area (Å²) in [6.07, 6.45) is -0.161. The van der Waals surface area contributed by atoms with Crippen molar-refractivity contribution < 1.29 is 14.6 Å². The summed E-state index contributed by atoms with van der Waals surface area (Å²) in [4.78, 5) is 16.6. The predicted octanol–water partition coefficient (Wildman–Crippen LogP) is 3.86. The third-order valence-electron chi connectivity index (χ3n) is 4.07. The molecule has 0 aliphatic carbocycles. The smallest absolute Gasteiger partial charge is 0.187 e. The number of carboxylic acid groups (broad SMARTS) is 1. The SMILES string of the molecule is CCOc1ccc(Nc2nc(-c3cc(C)ccc3C)c(CC(=O)[O-])s2)cc1. The minimum Gasteiger partial charge on any atom is -0.550 e. The van der Waals surface area contributed by atoms with Crippen LogP contribution in [0.4, 0.5) is 10.8 Å². The van der Waals surface area contributed by atoms with Gasteiger partial charge in [-0.25, -0.2) is 4.98 Å². The molecule has 27 heavy (non-hydrogen) atoms. The minimum atomic E-state index is -1.11. The molecule has 0 spiro atoms. The van der Waals surface area contributed by atoms with Crippen LogP contribution in [0.3, 0.4) is 0 Å². The maximum Gasteiger partial charge on any atom is 0.187 e. The molecule has 1 N–H and O–H groups in total. The third-order valence-corrected chi connectivity index (χ3v) is 5.04. The minimum absolute atomic E-state index is 0.161. The Hall–Kier alpha value is -2.86. The van der Waals surface area contributed by atoms with Crippen LogP contribution in [0, 0.1) is 13.8 Å². The molecule has 5 nitrogen and oxygen atoms in total. The van der Waals surface area contributed by atoms with Crippen molar-refractivity contribution >= 4 is 28.1 Å². The van der Waals surface area contributed by atoms with Crippen molar-refractivity contribution in [3.8, 4) is 17.0 Å². The van der Waals surface area contributed by atoms with Gasteiger partial charge in [0.15, 0.2) is 5.13 Å². The maximum atomic E-state index is 11.2. The average Bonchev–Trinajstić information content (AvgIpc) is 3.00. The number of carbonyl (C=O) groups excluding carboxylic acids is 1. The Morgan fingerprint density at radius 1 is 1.19 bits per heavy atom. The number of nitrogens with zero attached hydrogens (tertiary/aromatic N) is 1. The monoisotopic (exact) mass is 381 g/mol. The highest BCUT2D eigenvalue weighted by atomic mass is 32.1. The van der Waals surface area contributed by atoms with Crippen molar-refractivity contribution in [2.75, 3.05) is 11.9 Å². The summed E-state index contributed by atoms with van der Waals surface area (Å²) >= 11 is 1.33. The molecule has 3 aromatic rings. The highest BCUT2D eigenvalue weighted by Gasteiger charge is 2.16. The van der Waals surface area contributed by atoms with Crippen LogP contribution in [0.1, 0.15) is 22.9 Å². The number of hydrogen-bond donors (Lipinski definition) is 1. The number of aliphatic carboxylic acids is 1. The van der Waals surface area contributed by atoms with Gasteiger partial charge in [0.05, 0.1) is 12.3 Å². The van der Waals surface area contributed by atoms with Crippen LogP contribution in [-0.2, 0) is 11.2 Å². The molecule has 140 valence electrons. The number of thiazole rings is 1. The Morgan fingerprint density at radius 3 is 2.59 bits per heavy atom. The third kappa shape index (κ3) is 4.65. The number of carboxylic acids is 1. The highest BCUT2D eigenvalue weighted by molar-refractivity contribution is 7.16. The molecule has 0 fully saturated rings. The van der Waals surface area contributed by atoms with E-state index in [9.17, 15) is 9.90 Å². The number of rotatable bonds is 7. The lowest BCUT2D eigenvalue weighted by Crippen LogP contribution is -2.24. The molecule has 0 unspecified atom stereocenters. The Kier molecular flexibility index (Phi) is 5.76. The van der Waals surface area contributed by atoms with E-state index < -0.39 is 5.97 Å². The maximum absolute atomic E-state index is 11.2. The fourth-order valence-electron chi connectivity index (χ4n) is 2.78. The van der Waals surface area contributed by atoms with Crippen LogP contribution in [0.15, 0.2) is 42.5 Å². The topological polar surface area (TPSA) is 74.3 Å². The lowest BCUT2D eigenvalue weighted by atomic mass is 10.0. The van der Waals surface area contributed by atoms with Gasteiger partial charge in [0.1, 0.15) is 5.75 Å². The van der Waals surface area contributed by atoms with Crippen LogP contribution >= 0.6 is 11.3 Å². The molecule has 0 atom stereocenters. The second-order valence-corrected chi connectivity index (χ2v) is 7.32. The second-order valence-electron chi connectivity index (χ2n) is 6.24. The van der Waals surface area contributed by atoms with Gasteiger partial charge in [-0.2, -0.15) is 0 Å². The summed E-state index contributed by atoms with van der Waals surface area (Å²) in [5.41, 5.74) is 4.66. The molecule has 2 aromatic carbocycles. The van der Waals surface area contributed by atoms with E-state index in [0.29, 0.717) is 22.3 Å².